The van der Waals surface area contributed by atoms with Crippen molar-refractivity contribution in [1.82, 2.24) is 4.90 Å². The van der Waals surface area contributed by atoms with Crippen LogP contribution >= 0.6 is 11.6 Å². The van der Waals surface area contributed by atoms with Crippen molar-refractivity contribution >= 4 is 34.8 Å². The molecule has 0 unspecified atom stereocenters. The van der Waals surface area contributed by atoms with Crippen molar-refractivity contribution in [2.45, 2.75) is 0 Å². The fraction of sp³-hybridized carbons (Fsp3) is 0.111. The van der Waals surface area contributed by atoms with E-state index < -0.39 is 16.7 Å². The molecule has 26 heavy (non-hydrogen) atoms. The second kappa shape index (κ2) is 8.14. The van der Waals surface area contributed by atoms with Crippen LogP contribution in [0.2, 0.25) is 5.02 Å². The van der Waals surface area contributed by atoms with Crippen LogP contribution in [-0.4, -0.2) is 35.2 Å². The summed E-state index contributed by atoms with van der Waals surface area (Å²) in [6.07, 6.45) is 5.31. The van der Waals surface area contributed by atoms with Crippen LogP contribution in [0, 0.1) is 22.5 Å². The van der Waals surface area contributed by atoms with Gasteiger partial charge in [0.15, 0.2) is 0 Å². The fourth-order valence-electron chi connectivity index (χ4n) is 2.17. The Labute approximate surface area is 154 Å². The van der Waals surface area contributed by atoms with Gasteiger partial charge in [0.1, 0.15) is 0 Å². The summed E-state index contributed by atoms with van der Waals surface area (Å²) in [5.74, 6) is 1.40. The molecule has 2 aromatic rings. The van der Waals surface area contributed by atoms with Crippen molar-refractivity contribution in [3.05, 3.63) is 68.7 Å². The number of nitro benzene ring substituents is 1. The molecular weight excluding hydrogens is 358 g/mol. The first-order chi connectivity index (χ1) is 12.3. The minimum Gasteiger partial charge on any atom is -0.332 e. The quantitative estimate of drug-likeness (QED) is 0.497. The van der Waals surface area contributed by atoms with Crippen molar-refractivity contribution in [2.75, 3.05) is 18.9 Å². The van der Waals surface area contributed by atoms with Crippen LogP contribution in [0.15, 0.2) is 42.5 Å². The third kappa shape index (κ3) is 4.59. The Kier molecular flexibility index (Phi) is 5.94. The summed E-state index contributed by atoms with van der Waals surface area (Å²) >= 11 is 5.95. The molecular formula is C18H14ClN3O4. The highest BCUT2D eigenvalue weighted by Crippen LogP contribution is 2.23. The molecule has 0 spiro atoms. The molecule has 2 amide bonds. The molecule has 0 aliphatic rings. The summed E-state index contributed by atoms with van der Waals surface area (Å²) in [6, 6.07) is 10.2. The van der Waals surface area contributed by atoms with Gasteiger partial charge in [0.25, 0.3) is 11.6 Å². The van der Waals surface area contributed by atoms with E-state index in [0.717, 1.165) is 11.0 Å². The standard InChI is InChI=1S/C18H14ClN3O4/c1-3-12-5-4-6-13(9-12)20-17(23)11-21(2)18(24)15-10-14(22(25)26)7-8-16(15)19/h1,4-10H,11H2,2H3,(H,20,23). The molecule has 2 rings (SSSR count). The molecule has 1 N–H and O–H groups in total. The zero-order valence-corrected chi connectivity index (χ0v) is 14.5. The van der Waals surface area contributed by atoms with Crippen LogP contribution in [-0.2, 0) is 4.79 Å². The second-order valence-electron chi connectivity index (χ2n) is 5.36. The predicted molar refractivity (Wildman–Crippen MR) is 98.1 cm³/mol. The van der Waals surface area contributed by atoms with E-state index in [1.165, 1.54) is 19.2 Å². The summed E-state index contributed by atoms with van der Waals surface area (Å²) in [7, 11) is 1.40. The zero-order chi connectivity index (χ0) is 19.3. The number of amides is 2. The zero-order valence-electron chi connectivity index (χ0n) is 13.7. The number of rotatable bonds is 5. The lowest BCUT2D eigenvalue weighted by Crippen LogP contribution is -2.35. The molecule has 0 aliphatic carbocycles. The monoisotopic (exact) mass is 371 g/mol. The van der Waals surface area contributed by atoms with Gasteiger partial charge < -0.3 is 10.2 Å². The van der Waals surface area contributed by atoms with E-state index in [4.69, 9.17) is 18.0 Å². The summed E-state index contributed by atoms with van der Waals surface area (Å²) in [6.45, 7) is -0.266. The Bertz CT molecular complexity index is 921. The number of benzene rings is 2. The van der Waals surface area contributed by atoms with E-state index in [0.29, 0.717) is 11.3 Å². The highest BCUT2D eigenvalue weighted by Gasteiger charge is 2.20. The maximum Gasteiger partial charge on any atom is 0.270 e. The highest BCUT2D eigenvalue weighted by atomic mass is 35.5. The lowest BCUT2D eigenvalue weighted by atomic mass is 10.1. The van der Waals surface area contributed by atoms with Crippen LogP contribution in [0.3, 0.4) is 0 Å². The largest absolute Gasteiger partial charge is 0.332 e. The van der Waals surface area contributed by atoms with E-state index in [2.05, 4.69) is 11.2 Å². The minimum atomic E-state index is -0.627. The summed E-state index contributed by atoms with van der Waals surface area (Å²) in [5.41, 5.74) is 0.794. The van der Waals surface area contributed by atoms with Crippen LogP contribution in [0.5, 0.6) is 0 Å². The second-order valence-corrected chi connectivity index (χ2v) is 5.76. The van der Waals surface area contributed by atoms with Crippen LogP contribution in [0.25, 0.3) is 0 Å². The summed E-state index contributed by atoms with van der Waals surface area (Å²) in [5, 5.41) is 13.5. The molecule has 7 nitrogen and oxygen atoms in total. The first kappa shape index (κ1) is 19.0. The number of hydrogen-bond acceptors (Lipinski definition) is 4. The lowest BCUT2D eigenvalue weighted by Gasteiger charge is -2.17. The summed E-state index contributed by atoms with van der Waals surface area (Å²) in [4.78, 5) is 35.9. The summed E-state index contributed by atoms with van der Waals surface area (Å²) < 4.78 is 0. The number of halogens is 1. The molecule has 0 bridgehead atoms. The van der Waals surface area contributed by atoms with Gasteiger partial charge in [-0.3, -0.25) is 19.7 Å². The molecule has 0 aromatic heterocycles. The Hall–Kier alpha value is -3.37. The van der Waals surface area contributed by atoms with Crippen molar-refractivity contribution in [3.8, 4) is 12.3 Å². The van der Waals surface area contributed by atoms with E-state index >= 15 is 0 Å². The first-order valence-corrected chi connectivity index (χ1v) is 7.75. The SMILES string of the molecule is C#Cc1cccc(NC(=O)CN(C)C(=O)c2cc([N+](=O)[O-])ccc2Cl)c1. The van der Waals surface area contributed by atoms with E-state index in [1.807, 2.05) is 0 Å². The number of hydrogen-bond donors (Lipinski definition) is 1. The average Bonchev–Trinajstić information content (AvgIpc) is 2.61. The minimum absolute atomic E-state index is 0.0505. The molecule has 0 saturated heterocycles. The van der Waals surface area contributed by atoms with Gasteiger partial charge in [-0.25, -0.2) is 0 Å². The lowest BCUT2D eigenvalue weighted by molar-refractivity contribution is -0.384. The van der Waals surface area contributed by atoms with Gasteiger partial charge in [0.2, 0.25) is 5.91 Å². The first-order valence-electron chi connectivity index (χ1n) is 7.37. The van der Waals surface area contributed by atoms with Crippen molar-refractivity contribution in [3.63, 3.8) is 0 Å². The average molecular weight is 372 g/mol. The van der Waals surface area contributed by atoms with Gasteiger partial charge in [-0.05, 0) is 24.3 Å². The molecule has 8 heteroatoms. The smallest absolute Gasteiger partial charge is 0.270 e. The number of anilines is 1. The molecule has 0 aliphatic heterocycles. The molecule has 2 aromatic carbocycles. The molecule has 0 atom stereocenters. The number of carbonyl (C=O) groups is 2. The van der Waals surface area contributed by atoms with Gasteiger partial charge in [0.05, 0.1) is 22.1 Å². The Balaban J connectivity index is 2.09. The number of terminal acetylenes is 1. The van der Waals surface area contributed by atoms with Gasteiger partial charge >= 0.3 is 0 Å². The molecule has 0 fully saturated rings. The van der Waals surface area contributed by atoms with Gasteiger partial charge in [-0.2, -0.15) is 0 Å². The Morgan fingerprint density at radius 2 is 2.04 bits per heavy atom. The highest BCUT2D eigenvalue weighted by molar-refractivity contribution is 6.34. The van der Waals surface area contributed by atoms with Crippen molar-refractivity contribution in [1.29, 1.82) is 0 Å². The number of nitro groups is 1. The van der Waals surface area contributed by atoms with E-state index in [-0.39, 0.29) is 22.8 Å². The van der Waals surface area contributed by atoms with Crippen molar-refractivity contribution in [2.24, 2.45) is 0 Å². The molecule has 0 radical (unpaired) electrons. The number of non-ortho nitro benzene ring substituents is 1. The van der Waals surface area contributed by atoms with Crippen LogP contribution < -0.4 is 5.32 Å². The van der Waals surface area contributed by atoms with E-state index in [1.54, 1.807) is 24.3 Å². The van der Waals surface area contributed by atoms with Gasteiger partial charge in [0, 0.05) is 30.4 Å². The third-order valence-electron chi connectivity index (χ3n) is 3.43. The number of likely N-dealkylation sites (N-methyl/N-ethyl adjacent to an activating group) is 1. The number of carbonyl (C=O) groups excluding carboxylic acids is 2. The number of nitrogens with one attached hydrogen (secondary N) is 1. The predicted octanol–water partition coefficient (Wildman–Crippen LogP) is 2.94. The van der Waals surface area contributed by atoms with Gasteiger partial charge in [-0.15, -0.1) is 6.42 Å². The maximum atomic E-state index is 12.4. The molecule has 0 saturated carbocycles. The fourth-order valence-corrected chi connectivity index (χ4v) is 2.37. The third-order valence-corrected chi connectivity index (χ3v) is 3.76. The maximum absolute atomic E-state index is 12.4. The van der Waals surface area contributed by atoms with E-state index in [9.17, 15) is 19.7 Å². The topological polar surface area (TPSA) is 92.6 Å². The van der Waals surface area contributed by atoms with Gasteiger partial charge in [-0.1, -0.05) is 23.6 Å². The van der Waals surface area contributed by atoms with Crippen molar-refractivity contribution < 1.29 is 14.5 Å². The Morgan fingerprint density at radius 1 is 1.31 bits per heavy atom. The Morgan fingerprint density at radius 3 is 2.69 bits per heavy atom. The number of nitrogens with zero attached hydrogens (tertiary/aromatic N) is 2. The molecule has 132 valence electrons. The normalized spacial score (nSPS) is 9.88. The molecule has 0 heterocycles. The van der Waals surface area contributed by atoms with Crippen LogP contribution in [0.1, 0.15) is 15.9 Å². The van der Waals surface area contributed by atoms with Crippen LogP contribution in [0.4, 0.5) is 11.4 Å².